The molecule has 584 valence electrons. The van der Waals surface area contributed by atoms with Crippen molar-refractivity contribution >= 4 is 147 Å². The number of carbonyl (C=O) groups excluding carboxylic acids is 2. The van der Waals surface area contributed by atoms with Crippen LogP contribution in [0.15, 0.2) is 350 Å². The number of nitrogens with zero attached hydrogens (tertiary/aromatic N) is 4. The van der Waals surface area contributed by atoms with Gasteiger partial charge in [-0.3, -0.25) is 0 Å². The van der Waals surface area contributed by atoms with Crippen molar-refractivity contribution in [1.29, 1.82) is 0 Å². The molecule has 0 radical (unpaired) electrons. The van der Waals surface area contributed by atoms with E-state index < -0.39 is 19.7 Å². The van der Waals surface area contributed by atoms with Gasteiger partial charge < -0.3 is 48.1 Å². The number of ketones is 2. The van der Waals surface area contributed by atoms with Crippen LogP contribution in [0.3, 0.4) is 0 Å². The highest BCUT2D eigenvalue weighted by molar-refractivity contribution is 8.00. The Morgan fingerprint density at radius 2 is 0.441 bits per heavy atom. The zero-order valence-corrected chi connectivity index (χ0v) is 69.6. The molecule has 0 saturated carbocycles. The first-order valence-electron chi connectivity index (χ1n) is 38.7. The fraction of sp³-hybridized carbons (Fsp3) is 0.122. The summed E-state index contributed by atoms with van der Waals surface area (Å²) < 4.78 is 81.9. The lowest BCUT2D eigenvalue weighted by molar-refractivity contribution is -0.115. The molecule has 8 aliphatic rings. The van der Waals surface area contributed by atoms with Crippen LogP contribution in [0.1, 0.15) is 72.2 Å². The molecule has 0 aliphatic carbocycles. The number of ether oxygens (including phenoxy) is 4. The molecule has 0 N–H and O–H groups in total. The van der Waals surface area contributed by atoms with Gasteiger partial charge in [0.25, 0.3) is 0 Å². The van der Waals surface area contributed by atoms with Crippen LogP contribution in [0.5, 0.6) is 0 Å². The smallest absolute Gasteiger partial charge is 0.207 e. The van der Waals surface area contributed by atoms with Crippen LogP contribution in [-0.2, 0) is 101 Å². The Kier molecular flexibility index (Phi) is 20.7. The maximum atomic E-state index is 14.2. The number of fused-ring (bicyclic) bond motifs is 24. The van der Waals surface area contributed by atoms with E-state index in [1.165, 1.54) is 27.7 Å². The molecule has 0 spiro atoms. The van der Waals surface area contributed by atoms with Crippen molar-refractivity contribution < 1.29 is 45.4 Å². The molecular weight excluding hydrogens is 1590 g/mol. The molecule has 14 nitrogen and oxygen atoms in total. The topological polar surface area (TPSA) is 152 Å². The minimum Gasteiger partial charge on any atom is -0.372 e. The van der Waals surface area contributed by atoms with Crippen molar-refractivity contribution in [2.45, 2.75) is 139 Å². The van der Waals surface area contributed by atoms with Crippen molar-refractivity contribution in [2.24, 2.45) is 0 Å². The van der Waals surface area contributed by atoms with Gasteiger partial charge in [-0.25, -0.2) is 16.8 Å². The number of Topliss-reactive ketones (excluding diaryl/α,β-unsaturated/α-hetero) is 2. The second-order valence-corrected chi connectivity index (χ2v) is 38.1. The minimum atomic E-state index is -3.73. The summed E-state index contributed by atoms with van der Waals surface area (Å²) in [5.41, 5.74) is 23.3. The van der Waals surface area contributed by atoms with Gasteiger partial charge >= 0.3 is 0 Å². The maximum absolute atomic E-state index is 14.2. The standard InChI is InChI=1S/2C46H32N2O4S3.2C3H6O/c2*49-55(50)45-18-14-33-23-35(45)36-24-34(15-19-46(36)55)48-38-9-2-4-11-42(38)54-44-17-13-32(22-40(44)48)28-52-26-30-7-5-6-29(20-30)25-51-27-31-12-16-43-39(21-31)47(33)37-8-1-3-10-41(37)53-43;2*1-3(2)4/h2*1-24H,25-28H2;2*1-2H3. The molecule has 0 atom stereocenters. The fourth-order valence-electron chi connectivity index (χ4n) is 16.1. The lowest BCUT2D eigenvalue weighted by Crippen LogP contribution is -2.15. The number of benzene rings is 14. The molecule has 14 aromatic carbocycles. The summed E-state index contributed by atoms with van der Waals surface area (Å²) in [6, 6.07) is 99.4. The molecule has 118 heavy (non-hydrogen) atoms. The lowest BCUT2D eigenvalue weighted by Gasteiger charge is -2.34. The average Bonchev–Trinajstić information content (AvgIpc) is 1.54. The number of hydrogen-bond acceptors (Lipinski definition) is 18. The van der Waals surface area contributed by atoms with Crippen LogP contribution in [0.2, 0.25) is 0 Å². The highest BCUT2D eigenvalue weighted by Crippen LogP contribution is 2.60. The molecule has 0 unspecified atom stereocenters. The van der Waals surface area contributed by atoms with Crippen LogP contribution < -0.4 is 19.6 Å². The normalized spacial score (nSPS) is 15.4. The van der Waals surface area contributed by atoms with E-state index in [1.807, 2.05) is 48.5 Å². The fourth-order valence-corrected chi connectivity index (χ4v) is 23.5. The summed E-state index contributed by atoms with van der Waals surface area (Å²) in [4.78, 5) is 38.3. The maximum Gasteiger partial charge on any atom is 0.207 e. The summed E-state index contributed by atoms with van der Waals surface area (Å²) in [6.45, 7) is 9.81. The third-order valence-electron chi connectivity index (χ3n) is 21.1. The van der Waals surface area contributed by atoms with Crippen LogP contribution in [0.4, 0.5) is 68.2 Å². The lowest BCUT2D eigenvalue weighted by atomic mass is 10.0. The van der Waals surface area contributed by atoms with Gasteiger partial charge in [0.2, 0.25) is 19.7 Å². The van der Waals surface area contributed by atoms with E-state index in [2.05, 4.69) is 238 Å². The third-order valence-corrected chi connectivity index (χ3v) is 29.4. The molecule has 0 fully saturated rings. The van der Waals surface area contributed by atoms with E-state index in [9.17, 15) is 26.4 Å². The number of anilines is 12. The van der Waals surface area contributed by atoms with E-state index in [0.29, 0.717) is 94.7 Å². The Labute approximate surface area is 703 Å². The molecule has 14 aromatic rings. The van der Waals surface area contributed by atoms with Gasteiger partial charge in [0.15, 0.2) is 0 Å². The van der Waals surface area contributed by atoms with Gasteiger partial charge in [-0.05, 0) is 242 Å². The largest absolute Gasteiger partial charge is 0.372 e. The zero-order valence-electron chi connectivity index (χ0n) is 64.7. The second-order valence-electron chi connectivity index (χ2n) is 30.0. The van der Waals surface area contributed by atoms with Crippen molar-refractivity contribution in [3.8, 4) is 22.3 Å². The number of para-hydroxylation sites is 4. The van der Waals surface area contributed by atoms with Crippen molar-refractivity contribution in [3.05, 3.63) is 336 Å². The summed E-state index contributed by atoms with van der Waals surface area (Å²) in [6.07, 6.45) is 0. The SMILES string of the molecule is CC(C)=O.CC(C)=O.O=S1(=O)c2ccc3cc2-c2cc(ccc21)N1c2ccccc2Sc2ccc(cc21)COCc1cccc(c1)COCc1ccc2c(c1)N3c1ccccc1S2.O=S1(=O)c2ccc3cc2-c2cc(ccc21)N1c2ccccc2Sc2ccc(cc21)COCc1cccc(c1)COCc1ccc2c(c1)N3c1ccccc1S2. The van der Waals surface area contributed by atoms with Gasteiger partial charge in [-0.1, -0.05) is 168 Å². The molecule has 0 amide bonds. The first kappa shape index (κ1) is 76.7. The number of carbonyl (C=O) groups is 2. The third kappa shape index (κ3) is 14.7. The Hall–Kier alpha value is -11.2. The monoisotopic (exact) mass is 1660 g/mol. The minimum absolute atomic E-state index is 0.167. The van der Waals surface area contributed by atoms with Gasteiger partial charge in [-0.2, -0.15) is 0 Å². The Bertz CT molecular complexity index is 5920. The van der Waals surface area contributed by atoms with Crippen LogP contribution in [0.25, 0.3) is 22.3 Å². The number of rotatable bonds is 0. The van der Waals surface area contributed by atoms with Crippen molar-refractivity contribution in [2.75, 3.05) is 19.6 Å². The zero-order chi connectivity index (χ0) is 80.5. The predicted octanol–water partition coefficient (Wildman–Crippen LogP) is 25.4. The van der Waals surface area contributed by atoms with Crippen LogP contribution in [0, 0.1) is 0 Å². The van der Waals surface area contributed by atoms with Crippen molar-refractivity contribution in [3.63, 3.8) is 0 Å². The molecule has 0 saturated heterocycles. The number of sulfone groups is 2. The average molecular weight is 1660 g/mol. The summed E-state index contributed by atoms with van der Waals surface area (Å²) in [5.74, 6) is 0.333. The van der Waals surface area contributed by atoms with E-state index >= 15 is 0 Å². The summed E-state index contributed by atoms with van der Waals surface area (Å²) in [5, 5.41) is 0. The van der Waals surface area contributed by atoms with E-state index in [1.54, 1.807) is 71.3 Å². The van der Waals surface area contributed by atoms with Gasteiger partial charge in [-0.15, -0.1) is 0 Å². The molecule has 20 bridgehead atoms. The van der Waals surface area contributed by atoms with Gasteiger partial charge in [0.05, 0.1) is 118 Å². The Balaban J connectivity index is 0.000000144. The highest BCUT2D eigenvalue weighted by atomic mass is 32.2. The predicted molar refractivity (Wildman–Crippen MR) is 469 cm³/mol. The molecule has 0 aromatic heterocycles. The molecule has 22 rings (SSSR count). The van der Waals surface area contributed by atoms with Crippen LogP contribution in [-0.4, -0.2) is 28.4 Å². The molecular formula is C98H76N4O10S6. The van der Waals surface area contributed by atoms with Crippen molar-refractivity contribution in [1.82, 2.24) is 0 Å². The molecule has 20 heteroatoms. The van der Waals surface area contributed by atoms with E-state index in [0.717, 1.165) is 152 Å². The highest BCUT2D eigenvalue weighted by Gasteiger charge is 2.39. The summed E-state index contributed by atoms with van der Waals surface area (Å²) >= 11 is 6.97. The first-order chi connectivity index (χ1) is 57.4. The van der Waals surface area contributed by atoms with E-state index in [4.69, 9.17) is 18.9 Å². The number of hydrogen-bond donors (Lipinski definition) is 0. The second kappa shape index (κ2) is 31.9. The van der Waals surface area contributed by atoms with E-state index in [-0.39, 0.29) is 11.6 Å². The Morgan fingerprint density at radius 1 is 0.237 bits per heavy atom. The van der Waals surface area contributed by atoms with Gasteiger partial charge in [0, 0.05) is 84.2 Å². The quantitative estimate of drug-likeness (QED) is 0.141. The molecule has 8 heterocycles. The van der Waals surface area contributed by atoms with Crippen LogP contribution >= 0.6 is 47.0 Å². The molecule has 8 aliphatic heterocycles. The summed E-state index contributed by atoms with van der Waals surface area (Å²) in [7, 11) is -7.46. The van der Waals surface area contributed by atoms with Gasteiger partial charge in [0.1, 0.15) is 11.6 Å². The first-order valence-corrected chi connectivity index (χ1v) is 44.9. The Morgan fingerprint density at radius 3 is 0.669 bits per heavy atom.